The standard InChI is InChI=1S/C14H15N3O3/c1-8-12(9(2)20-16-8)7-17-13-5-4-10(19-3)6-11(13)14(18)15-17/h4-6H,7H2,1-3H3,(H,15,18). The van der Waals surface area contributed by atoms with Crippen LogP contribution < -0.4 is 4.74 Å². The lowest BCUT2D eigenvalue weighted by molar-refractivity contribution is 0.391. The fraction of sp³-hybridized carbons (Fsp3) is 0.286. The molecule has 0 bridgehead atoms. The van der Waals surface area contributed by atoms with Crippen LogP contribution in [0.4, 0.5) is 0 Å². The molecule has 0 unspecified atom stereocenters. The average molecular weight is 273 g/mol. The van der Waals surface area contributed by atoms with E-state index in [-0.39, 0.29) is 5.88 Å². The second-order valence-corrected chi connectivity index (χ2v) is 4.67. The number of aromatic hydroxyl groups is 1. The number of hydrogen-bond donors (Lipinski definition) is 1. The maximum Gasteiger partial charge on any atom is 0.238 e. The van der Waals surface area contributed by atoms with Gasteiger partial charge in [0.25, 0.3) is 0 Å². The van der Waals surface area contributed by atoms with E-state index in [0.717, 1.165) is 22.5 Å². The predicted molar refractivity (Wildman–Crippen MR) is 73.0 cm³/mol. The van der Waals surface area contributed by atoms with Gasteiger partial charge in [0.1, 0.15) is 11.5 Å². The second-order valence-electron chi connectivity index (χ2n) is 4.67. The molecule has 3 rings (SSSR count). The Hall–Kier alpha value is -2.50. The zero-order valence-electron chi connectivity index (χ0n) is 11.5. The van der Waals surface area contributed by atoms with Crippen LogP contribution in [0.5, 0.6) is 11.6 Å². The Morgan fingerprint density at radius 2 is 2.15 bits per heavy atom. The van der Waals surface area contributed by atoms with Gasteiger partial charge in [0.05, 0.1) is 30.3 Å². The number of nitrogens with zero attached hydrogens (tertiary/aromatic N) is 3. The van der Waals surface area contributed by atoms with Crippen LogP contribution >= 0.6 is 0 Å². The first-order chi connectivity index (χ1) is 9.60. The van der Waals surface area contributed by atoms with Crippen LogP contribution in [0.2, 0.25) is 0 Å². The van der Waals surface area contributed by atoms with Gasteiger partial charge in [0.15, 0.2) is 0 Å². The van der Waals surface area contributed by atoms with Gasteiger partial charge in [0.2, 0.25) is 5.88 Å². The highest BCUT2D eigenvalue weighted by molar-refractivity contribution is 5.85. The Balaban J connectivity index is 2.09. The normalized spacial score (nSPS) is 11.2. The molecule has 0 saturated carbocycles. The molecule has 2 aromatic heterocycles. The molecule has 0 atom stereocenters. The van der Waals surface area contributed by atoms with Crippen molar-refractivity contribution in [3.63, 3.8) is 0 Å². The molecule has 1 N–H and O–H groups in total. The summed E-state index contributed by atoms with van der Waals surface area (Å²) >= 11 is 0. The van der Waals surface area contributed by atoms with Gasteiger partial charge in [-0.25, -0.2) is 0 Å². The maximum absolute atomic E-state index is 9.95. The van der Waals surface area contributed by atoms with Crippen molar-refractivity contribution in [2.45, 2.75) is 20.4 Å². The molecule has 1 aromatic carbocycles. The van der Waals surface area contributed by atoms with Gasteiger partial charge >= 0.3 is 0 Å². The summed E-state index contributed by atoms with van der Waals surface area (Å²) in [5.41, 5.74) is 2.65. The topological polar surface area (TPSA) is 73.3 Å². The van der Waals surface area contributed by atoms with Gasteiger partial charge in [-0.2, -0.15) is 0 Å². The van der Waals surface area contributed by atoms with Crippen LogP contribution in [-0.2, 0) is 6.54 Å². The van der Waals surface area contributed by atoms with Crippen molar-refractivity contribution < 1.29 is 14.4 Å². The molecular formula is C14H15N3O3. The number of ether oxygens (including phenoxy) is 1. The largest absolute Gasteiger partial charge is 0.497 e. The van der Waals surface area contributed by atoms with E-state index < -0.39 is 0 Å². The summed E-state index contributed by atoms with van der Waals surface area (Å²) in [4.78, 5) is 0. The average Bonchev–Trinajstić information content (AvgIpc) is 2.93. The summed E-state index contributed by atoms with van der Waals surface area (Å²) in [5, 5.41) is 18.7. The first-order valence-electron chi connectivity index (χ1n) is 6.25. The molecule has 6 nitrogen and oxygen atoms in total. The molecule has 20 heavy (non-hydrogen) atoms. The van der Waals surface area contributed by atoms with Crippen LogP contribution in [0.25, 0.3) is 10.9 Å². The third-order valence-corrected chi connectivity index (χ3v) is 3.43. The number of aryl methyl sites for hydroxylation is 2. The van der Waals surface area contributed by atoms with Crippen LogP contribution in [0.15, 0.2) is 22.7 Å². The molecule has 3 aromatic rings. The minimum absolute atomic E-state index is 0.00865. The zero-order chi connectivity index (χ0) is 14.3. The van der Waals surface area contributed by atoms with Crippen LogP contribution in [0.1, 0.15) is 17.0 Å². The highest BCUT2D eigenvalue weighted by Crippen LogP contribution is 2.28. The third kappa shape index (κ3) is 1.89. The van der Waals surface area contributed by atoms with Crippen LogP contribution in [0.3, 0.4) is 0 Å². The van der Waals surface area contributed by atoms with Crippen molar-refractivity contribution in [2.75, 3.05) is 7.11 Å². The first kappa shape index (κ1) is 12.5. The molecular weight excluding hydrogens is 258 g/mol. The number of aromatic nitrogens is 3. The smallest absolute Gasteiger partial charge is 0.238 e. The van der Waals surface area contributed by atoms with E-state index in [4.69, 9.17) is 9.26 Å². The summed E-state index contributed by atoms with van der Waals surface area (Å²) in [6, 6.07) is 5.48. The lowest BCUT2D eigenvalue weighted by Gasteiger charge is -2.03. The number of rotatable bonds is 3. The van der Waals surface area contributed by atoms with Crippen molar-refractivity contribution in [2.24, 2.45) is 0 Å². The quantitative estimate of drug-likeness (QED) is 0.793. The molecule has 0 spiro atoms. The molecule has 0 aliphatic rings. The van der Waals surface area contributed by atoms with Gasteiger partial charge in [-0.15, -0.1) is 5.10 Å². The molecule has 0 amide bonds. The van der Waals surface area contributed by atoms with E-state index in [2.05, 4.69) is 10.3 Å². The summed E-state index contributed by atoms with van der Waals surface area (Å²) < 4.78 is 12.0. The summed E-state index contributed by atoms with van der Waals surface area (Å²) in [6.45, 7) is 4.26. The second kappa shape index (κ2) is 4.56. The lowest BCUT2D eigenvalue weighted by Crippen LogP contribution is -2.03. The summed E-state index contributed by atoms with van der Waals surface area (Å²) in [5.74, 6) is 1.44. The van der Waals surface area contributed by atoms with Crippen molar-refractivity contribution in [1.82, 2.24) is 14.9 Å². The van der Waals surface area contributed by atoms with Crippen molar-refractivity contribution in [1.29, 1.82) is 0 Å². The summed E-state index contributed by atoms with van der Waals surface area (Å²) in [7, 11) is 1.59. The Kier molecular flexibility index (Phi) is 2.85. The van der Waals surface area contributed by atoms with Gasteiger partial charge in [-0.1, -0.05) is 5.16 Å². The van der Waals surface area contributed by atoms with E-state index in [9.17, 15) is 5.11 Å². The van der Waals surface area contributed by atoms with Crippen molar-refractivity contribution in [3.05, 3.63) is 35.2 Å². The van der Waals surface area contributed by atoms with E-state index >= 15 is 0 Å². The van der Waals surface area contributed by atoms with Crippen LogP contribution in [-0.4, -0.2) is 27.2 Å². The molecule has 104 valence electrons. The van der Waals surface area contributed by atoms with E-state index in [1.165, 1.54) is 0 Å². The molecule has 0 fully saturated rings. The van der Waals surface area contributed by atoms with E-state index in [1.54, 1.807) is 17.9 Å². The molecule has 6 heteroatoms. The SMILES string of the molecule is COc1ccc2c(c1)c(O)nn2Cc1c(C)noc1C. The fourth-order valence-electron chi connectivity index (χ4n) is 2.27. The van der Waals surface area contributed by atoms with Gasteiger partial charge in [0, 0.05) is 5.56 Å². The lowest BCUT2D eigenvalue weighted by atomic mass is 10.2. The highest BCUT2D eigenvalue weighted by atomic mass is 16.5. The van der Waals surface area contributed by atoms with Crippen molar-refractivity contribution >= 4 is 10.9 Å². The maximum atomic E-state index is 9.95. The minimum Gasteiger partial charge on any atom is -0.497 e. The highest BCUT2D eigenvalue weighted by Gasteiger charge is 2.15. The molecule has 0 radical (unpaired) electrons. The van der Waals surface area contributed by atoms with Crippen molar-refractivity contribution in [3.8, 4) is 11.6 Å². The monoisotopic (exact) mass is 273 g/mol. The van der Waals surface area contributed by atoms with E-state index in [1.807, 2.05) is 26.0 Å². The molecule has 2 heterocycles. The van der Waals surface area contributed by atoms with Gasteiger partial charge < -0.3 is 14.4 Å². The summed E-state index contributed by atoms with van der Waals surface area (Å²) in [6.07, 6.45) is 0. The first-order valence-corrected chi connectivity index (χ1v) is 6.25. The zero-order valence-corrected chi connectivity index (χ0v) is 11.5. The Morgan fingerprint density at radius 3 is 2.80 bits per heavy atom. The predicted octanol–water partition coefficient (Wildman–Crippen LogP) is 2.40. The number of benzene rings is 1. The third-order valence-electron chi connectivity index (χ3n) is 3.43. The number of methoxy groups -OCH3 is 1. The molecule has 0 saturated heterocycles. The number of fused-ring (bicyclic) bond motifs is 1. The Bertz CT molecular complexity index is 754. The number of hydrogen-bond acceptors (Lipinski definition) is 5. The Labute approximate surface area is 115 Å². The van der Waals surface area contributed by atoms with Gasteiger partial charge in [-0.05, 0) is 32.0 Å². The van der Waals surface area contributed by atoms with E-state index in [0.29, 0.717) is 17.7 Å². The Morgan fingerprint density at radius 1 is 1.35 bits per heavy atom. The van der Waals surface area contributed by atoms with Gasteiger partial charge in [-0.3, -0.25) is 4.68 Å². The molecule has 0 aliphatic heterocycles. The fourth-order valence-corrected chi connectivity index (χ4v) is 2.27. The van der Waals surface area contributed by atoms with Crippen LogP contribution in [0, 0.1) is 13.8 Å². The molecule has 0 aliphatic carbocycles. The minimum atomic E-state index is -0.00865.